The summed E-state index contributed by atoms with van der Waals surface area (Å²) >= 11 is 6.19. The Morgan fingerprint density at radius 1 is 1.48 bits per heavy atom. The Hall–Kier alpha value is -1.86. The van der Waals surface area contributed by atoms with Crippen LogP contribution in [-0.4, -0.2) is 20.0 Å². The highest BCUT2D eigenvalue weighted by atomic mass is 32.2. The van der Waals surface area contributed by atoms with Crippen molar-refractivity contribution in [2.45, 2.75) is 20.4 Å². The van der Waals surface area contributed by atoms with Gasteiger partial charge in [-0.3, -0.25) is 9.48 Å². The molecule has 3 rings (SSSR count). The molecule has 1 amide bonds. The smallest absolute Gasteiger partial charge is 0.263 e. The summed E-state index contributed by atoms with van der Waals surface area (Å²) in [6.45, 7) is 4.53. The van der Waals surface area contributed by atoms with Gasteiger partial charge in [0, 0.05) is 11.8 Å². The lowest BCUT2D eigenvalue weighted by Crippen LogP contribution is -2.17. The fraction of sp³-hybridized carbons (Fsp3) is 0.214. The standard InChI is InChI=1S/C14H13N3O2S2/c1-8-5-9(2)17(16-8)7-11-4-3-10(19-11)6-12-13(18)15-14(20)21-12/h3-6H,7H2,1-2H3,(H,15,18,20)/b12-6-. The maximum absolute atomic E-state index is 11.6. The molecule has 0 spiro atoms. The minimum absolute atomic E-state index is 0.179. The van der Waals surface area contributed by atoms with Gasteiger partial charge in [-0.05, 0) is 32.0 Å². The maximum Gasteiger partial charge on any atom is 0.263 e. The maximum atomic E-state index is 11.6. The number of thioether (sulfide) groups is 1. The molecule has 5 nitrogen and oxygen atoms in total. The average Bonchev–Trinajstić information content (AvgIpc) is 3.04. The van der Waals surface area contributed by atoms with Crippen LogP contribution in [-0.2, 0) is 11.3 Å². The van der Waals surface area contributed by atoms with Crippen LogP contribution in [0.4, 0.5) is 0 Å². The molecule has 0 bridgehead atoms. The molecule has 0 unspecified atom stereocenters. The third kappa shape index (κ3) is 3.08. The predicted molar refractivity (Wildman–Crippen MR) is 85.8 cm³/mol. The summed E-state index contributed by atoms with van der Waals surface area (Å²) in [7, 11) is 0. The van der Waals surface area contributed by atoms with Crippen LogP contribution in [0.2, 0.25) is 0 Å². The van der Waals surface area contributed by atoms with Crippen LogP contribution in [0.25, 0.3) is 6.08 Å². The summed E-state index contributed by atoms with van der Waals surface area (Å²) in [5.41, 5.74) is 2.06. The van der Waals surface area contributed by atoms with E-state index in [1.165, 1.54) is 11.8 Å². The highest BCUT2D eigenvalue weighted by molar-refractivity contribution is 8.26. The van der Waals surface area contributed by atoms with Crippen molar-refractivity contribution in [2.24, 2.45) is 0 Å². The Balaban J connectivity index is 1.78. The van der Waals surface area contributed by atoms with Gasteiger partial charge in [0.2, 0.25) is 0 Å². The SMILES string of the molecule is Cc1cc(C)n(Cc2ccc(/C=C3\SC(=S)NC3=O)o2)n1. The number of thiocarbonyl (C=S) groups is 1. The number of aryl methyl sites for hydroxylation is 2. The number of aromatic nitrogens is 2. The van der Waals surface area contributed by atoms with Crippen molar-refractivity contribution < 1.29 is 9.21 Å². The van der Waals surface area contributed by atoms with Crippen molar-refractivity contribution in [3.8, 4) is 0 Å². The number of rotatable bonds is 3. The van der Waals surface area contributed by atoms with E-state index in [1.54, 1.807) is 6.08 Å². The number of carbonyl (C=O) groups is 1. The molecule has 0 saturated carbocycles. The van der Waals surface area contributed by atoms with Crippen LogP contribution in [0, 0.1) is 13.8 Å². The minimum Gasteiger partial charge on any atom is -0.460 e. The van der Waals surface area contributed by atoms with Crippen molar-refractivity contribution >= 4 is 40.3 Å². The molecule has 21 heavy (non-hydrogen) atoms. The molecule has 0 aromatic carbocycles. The molecular formula is C14H13N3O2S2. The van der Waals surface area contributed by atoms with E-state index >= 15 is 0 Å². The second-order valence-electron chi connectivity index (χ2n) is 4.74. The molecule has 0 aliphatic carbocycles. The third-order valence-corrected chi connectivity index (χ3v) is 4.17. The van der Waals surface area contributed by atoms with Gasteiger partial charge in [0.05, 0.1) is 17.1 Å². The second kappa shape index (κ2) is 5.50. The van der Waals surface area contributed by atoms with Gasteiger partial charge in [-0.1, -0.05) is 24.0 Å². The third-order valence-electron chi connectivity index (χ3n) is 3.01. The molecule has 3 heterocycles. The normalized spacial score (nSPS) is 16.8. The lowest BCUT2D eigenvalue weighted by Gasteiger charge is -2.00. The van der Waals surface area contributed by atoms with E-state index in [0.717, 1.165) is 17.1 Å². The summed E-state index contributed by atoms with van der Waals surface area (Å²) in [6, 6.07) is 5.74. The lowest BCUT2D eigenvalue weighted by atomic mass is 10.3. The van der Waals surface area contributed by atoms with Gasteiger partial charge in [0.1, 0.15) is 15.8 Å². The first-order chi connectivity index (χ1) is 10.0. The van der Waals surface area contributed by atoms with E-state index in [1.807, 2.05) is 36.7 Å². The average molecular weight is 319 g/mol. The largest absolute Gasteiger partial charge is 0.460 e. The van der Waals surface area contributed by atoms with Crippen LogP contribution in [0.3, 0.4) is 0 Å². The molecule has 1 fully saturated rings. The van der Waals surface area contributed by atoms with Crippen molar-refractivity contribution in [2.75, 3.05) is 0 Å². The topological polar surface area (TPSA) is 60.1 Å². The van der Waals surface area contributed by atoms with Crippen molar-refractivity contribution in [1.82, 2.24) is 15.1 Å². The molecule has 1 aliphatic rings. The first-order valence-electron chi connectivity index (χ1n) is 6.36. The van der Waals surface area contributed by atoms with Gasteiger partial charge >= 0.3 is 0 Å². The fourth-order valence-electron chi connectivity index (χ4n) is 2.09. The minimum atomic E-state index is -0.179. The molecule has 1 N–H and O–H groups in total. The Morgan fingerprint density at radius 3 is 2.90 bits per heavy atom. The summed E-state index contributed by atoms with van der Waals surface area (Å²) in [6.07, 6.45) is 1.70. The van der Waals surface area contributed by atoms with E-state index in [4.69, 9.17) is 16.6 Å². The van der Waals surface area contributed by atoms with E-state index < -0.39 is 0 Å². The Bertz CT molecular complexity index is 758. The highest BCUT2D eigenvalue weighted by Crippen LogP contribution is 2.26. The van der Waals surface area contributed by atoms with E-state index in [2.05, 4.69) is 10.4 Å². The first kappa shape index (κ1) is 14.1. The van der Waals surface area contributed by atoms with Gasteiger partial charge < -0.3 is 9.73 Å². The Kier molecular flexibility index (Phi) is 3.69. The van der Waals surface area contributed by atoms with E-state index in [0.29, 0.717) is 21.5 Å². The number of nitrogens with one attached hydrogen (secondary N) is 1. The van der Waals surface area contributed by atoms with Gasteiger partial charge in [0.25, 0.3) is 5.91 Å². The molecule has 7 heteroatoms. The first-order valence-corrected chi connectivity index (χ1v) is 7.58. The zero-order valence-corrected chi connectivity index (χ0v) is 13.2. The van der Waals surface area contributed by atoms with Gasteiger partial charge in [-0.25, -0.2) is 0 Å². The fourth-order valence-corrected chi connectivity index (χ4v) is 3.11. The number of hydrogen-bond donors (Lipinski definition) is 1. The number of nitrogens with zero attached hydrogens (tertiary/aromatic N) is 2. The van der Waals surface area contributed by atoms with Gasteiger partial charge in [-0.2, -0.15) is 5.10 Å². The molecule has 1 aliphatic heterocycles. The van der Waals surface area contributed by atoms with Crippen LogP contribution in [0.1, 0.15) is 22.9 Å². The van der Waals surface area contributed by atoms with Crippen LogP contribution in [0.15, 0.2) is 27.5 Å². The molecular weight excluding hydrogens is 306 g/mol. The van der Waals surface area contributed by atoms with Crippen LogP contribution >= 0.6 is 24.0 Å². The van der Waals surface area contributed by atoms with Crippen LogP contribution < -0.4 is 5.32 Å². The molecule has 1 saturated heterocycles. The Morgan fingerprint density at radius 2 is 2.29 bits per heavy atom. The zero-order chi connectivity index (χ0) is 15.0. The molecule has 2 aromatic rings. The number of furan rings is 1. The van der Waals surface area contributed by atoms with Crippen molar-refractivity contribution in [3.63, 3.8) is 0 Å². The predicted octanol–water partition coefficient (Wildman–Crippen LogP) is 2.63. The summed E-state index contributed by atoms with van der Waals surface area (Å²) in [4.78, 5) is 12.1. The number of hydrogen-bond acceptors (Lipinski definition) is 5. The highest BCUT2D eigenvalue weighted by Gasteiger charge is 2.22. The summed E-state index contributed by atoms with van der Waals surface area (Å²) in [5, 5.41) is 6.97. The van der Waals surface area contributed by atoms with E-state index in [9.17, 15) is 4.79 Å². The van der Waals surface area contributed by atoms with Crippen molar-refractivity contribution in [1.29, 1.82) is 0 Å². The molecule has 0 radical (unpaired) electrons. The van der Waals surface area contributed by atoms with Crippen molar-refractivity contribution in [3.05, 3.63) is 46.0 Å². The van der Waals surface area contributed by atoms with Crippen LogP contribution in [0.5, 0.6) is 0 Å². The zero-order valence-electron chi connectivity index (χ0n) is 11.5. The Labute approximate surface area is 131 Å². The summed E-state index contributed by atoms with van der Waals surface area (Å²) in [5.74, 6) is 1.24. The van der Waals surface area contributed by atoms with Gasteiger partial charge in [-0.15, -0.1) is 0 Å². The molecule has 108 valence electrons. The van der Waals surface area contributed by atoms with Gasteiger partial charge in [0.15, 0.2) is 0 Å². The monoisotopic (exact) mass is 319 g/mol. The second-order valence-corrected chi connectivity index (χ2v) is 6.46. The molecule has 0 atom stereocenters. The number of carbonyl (C=O) groups excluding carboxylic acids is 1. The number of amides is 1. The summed E-state index contributed by atoms with van der Waals surface area (Å²) < 4.78 is 8.08. The lowest BCUT2D eigenvalue weighted by molar-refractivity contribution is -0.115. The quantitative estimate of drug-likeness (QED) is 0.696. The van der Waals surface area contributed by atoms with E-state index in [-0.39, 0.29) is 5.91 Å². The molecule has 2 aromatic heterocycles.